The molecule has 0 aliphatic carbocycles. The fourth-order valence-corrected chi connectivity index (χ4v) is 11.6. The van der Waals surface area contributed by atoms with E-state index in [1.54, 1.807) is 16.4 Å². The van der Waals surface area contributed by atoms with Crippen LogP contribution in [-0.4, -0.2) is 52.2 Å². The maximum absolute atomic E-state index is 13.8. The number of hydrogen-bond acceptors (Lipinski definition) is 3. The highest BCUT2D eigenvalue weighted by molar-refractivity contribution is 7.89. The van der Waals surface area contributed by atoms with Crippen molar-refractivity contribution in [3.8, 4) is 0 Å². The highest BCUT2D eigenvalue weighted by Gasteiger charge is 2.58. The first-order chi connectivity index (χ1) is 12.6. The lowest BCUT2D eigenvalue weighted by Gasteiger charge is -2.37. The molecule has 0 bridgehead atoms. The Labute approximate surface area is 174 Å². The van der Waals surface area contributed by atoms with Crippen molar-refractivity contribution in [2.24, 2.45) is 5.92 Å². The fourth-order valence-electron chi connectivity index (χ4n) is 4.76. The Morgan fingerprint density at radius 3 is 1.93 bits per heavy atom. The molecule has 0 radical (unpaired) electrons. The van der Waals surface area contributed by atoms with Gasteiger partial charge >= 0.3 is 0 Å². The molecule has 1 aliphatic rings. The summed E-state index contributed by atoms with van der Waals surface area (Å²) in [5, 5.41) is 11.4. The minimum atomic E-state index is -3.68. The van der Waals surface area contributed by atoms with Crippen LogP contribution in [0.5, 0.6) is 0 Å². The van der Waals surface area contributed by atoms with E-state index in [2.05, 4.69) is 39.3 Å². The second-order valence-corrected chi connectivity index (χ2v) is 23.9. The molecule has 2 rings (SSSR count). The summed E-state index contributed by atoms with van der Waals surface area (Å²) in [6, 6.07) is 7.52. The van der Waals surface area contributed by atoms with Crippen molar-refractivity contribution in [2.75, 3.05) is 0 Å². The van der Waals surface area contributed by atoms with Gasteiger partial charge in [-0.05, 0) is 36.6 Å². The maximum atomic E-state index is 13.8. The molecular weight excluding hydrogens is 402 g/mol. The number of rotatable bonds is 6. The normalized spacial score (nSPS) is 27.5. The Kier molecular flexibility index (Phi) is 6.79. The van der Waals surface area contributed by atoms with Gasteiger partial charge in [0.2, 0.25) is 10.0 Å². The predicted molar refractivity (Wildman–Crippen MR) is 124 cm³/mol. The number of aliphatic hydroxyl groups excluding tert-OH is 1. The molecule has 1 aromatic carbocycles. The molecule has 0 saturated carbocycles. The number of benzene rings is 1. The van der Waals surface area contributed by atoms with Gasteiger partial charge in [-0.3, -0.25) is 0 Å². The largest absolute Gasteiger partial charge is 0.391 e. The van der Waals surface area contributed by atoms with Crippen LogP contribution in [0.1, 0.15) is 19.4 Å². The first kappa shape index (κ1) is 23.8. The van der Waals surface area contributed by atoms with Gasteiger partial charge in [-0.15, -0.1) is 0 Å². The van der Waals surface area contributed by atoms with Crippen LogP contribution in [0.3, 0.4) is 0 Å². The van der Waals surface area contributed by atoms with Gasteiger partial charge in [-0.25, -0.2) is 8.42 Å². The third kappa shape index (κ3) is 4.80. The zero-order valence-electron chi connectivity index (χ0n) is 19.0. The van der Waals surface area contributed by atoms with Gasteiger partial charge in [0, 0.05) is 14.1 Å². The summed E-state index contributed by atoms with van der Waals surface area (Å²) in [6.45, 7) is 19.7. The van der Waals surface area contributed by atoms with Crippen LogP contribution in [-0.2, 0) is 10.0 Å². The first-order valence-electron chi connectivity index (χ1n) is 10.4. The average Bonchev–Trinajstić information content (AvgIpc) is 2.78. The van der Waals surface area contributed by atoms with E-state index in [4.69, 9.17) is 0 Å². The zero-order valence-corrected chi connectivity index (χ0v) is 21.8. The number of sulfonamides is 1. The molecular formula is C21H39NO3SSi2. The summed E-state index contributed by atoms with van der Waals surface area (Å²) in [4.78, 5) is 0.341. The monoisotopic (exact) mass is 441 g/mol. The molecule has 1 saturated heterocycles. The van der Waals surface area contributed by atoms with E-state index in [1.165, 1.54) is 0 Å². The molecule has 0 aromatic heterocycles. The number of hydrogen-bond donors (Lipinski definition) is 1. The van der Waals surface area contributed by atoms with Crippen LogP contribution in [0.4, 0.5) is 0 Å². The highest BCUT2D eigenvalue weighted by atomic mass is 32.2. The predicted octanol–water partition coefficient (Wildman–Crippen LogP) is 4.80. The average molecular weight is 442 g/mol. The van der Waals surface area contributed by atoms with E-state index in [0.717, 1.165) is 11.6 Å². The quantitative estimate of drug-likeness (QED) is 0.645. The van der Waals surface area contributed by atoms with Gasteiger partial charge < -0.3 is 5.11 Å². The smallest absolute Gasteiger partial charge is 0.243 e. The van der Waals surface area contributed by atoms with Gasteiger partial charge in [0.1, 0.15) is 0 Å². The number of aryl methyl sites for hydroxylation is 1. The van der Waals surface area contributed by atoms with Crippen LogP contribution in [0.15, 0.2) is 29.2 Å². The van der Waals surface area contributed by atoms with E-state index < -0.39 is 32.3 Å². The third-order valence-corrected chi connectivity index (χ3v) is 12.2. The Balaban J connectivity index is 2.67. The maximum Gasteiger partial charge on any atom is 0.243 e. The molecule has 4 nitrogen and oxygen atoms in total. The minimum Gasteiger partial charge on any atom is -0.391 e. The summed E-state index contributed by atoms with van der Waals surface area (Å²) >= 11 is 0. The van der Waals surface area contributed by atoms with Gasteiger partial charge in [0.05, 0.1) is 25.1 Å². The van der Waals surface area contributed by atoms with Gasteiger partial charge in [-0.2, -0.15) is 4.31 Å². The Hall–Kier alpha value is -0.476. The van der Waals surface area contributed by atoms with E-state index in [0.29, 0.717) is 4.90 Å². The topological polar surface area (TPSA) is 57.6 Å². The van der Waals surface area contributed by atoms with E-state index in [-0.39, 0.29) is 23.5 Å². The van der Waals surface area contributed by atoms with E-state index >= 15 is 0 Å². The summed E-state index contributed by atoms with van der Waals surface area (Å²) in [7, 11) is -7.04. The molecule has 0 spiro atoms. The summed E-state index contributed by atoms with van der Waals surface area (Å²) in [5.74, 6) is 0.0562. The van der Waals surface area contributed by atoms with Crippen molar-refractivity contribution < 1.29 is 13.5 Å². The van der Waals surface area contributed by atoms with Crippen LogP contribution < -0.4 is 0 Å². The molecule has 28 heavy (non-hydrogen) atoms. The molecule has 160 valence electrons. The molecule has 0 amide bonds. The number of aliphatic hydroxyl groups is 1. The van der Waals surface area contributed by atoms with Crippen molar-refractivity contribution in [2.45, 2.75) is 94.7 Å². The molecule has 1 fully saturated rings. The van der Waals surface area contributed by atoms with Crippen molar-refractivity contribution in [3.05, 3.63) is 29.8 Å². The summed E-state index contributed by atoms with van der Waals surface area (Å²) in [5.41, 5.74) is 1.09. The number of nitrogens with zero attached hydrogens (tertiary/aromatic N) is 1. The standard InChI is InChI=1S/C21H39NO3SSi2/c1-15(2)19-20(23)21(28(7,8)9)18(14-27(4,5)6)22(19)26(24,25)17-12-10-16(3)11-13-17/h10-13,15,18-21,23H,14H2,1-9H3/t18-,19+,20-,21-/m1/s1. The van der Waals surface area contributed by atoms with Crippen LogP contribution in [0.25, 0.3) is 0 Å². The van der Waals surface area contributed by atoms with Crippen molar-refractivity contribution in [3.63, 3.8) is 0 Å². The van der Waals surface area contributed by atoms with Gasteiger partial charge in [-0.1, -0.05) is 70.8 Å². The lowest BCUT2D eigenvalue weighted by Crippen LogP contribution is -2.48. The van der Waals surface area contributed by atoms with Gasteiger partial charge in [0.15, 0.2) is 0 Å². The minimum absolute atomic E-state index is 0.0480. The lowest BCUT2D eigenvalue weighted by molar-refractivity contribution is 0.115. The SMILES string of the molecule is Cc1ccc(S(=O)(=O)N2[C@H](C[Si](C)(C)C)[C@@H]([Si](C)(C)C)[C@H](O)[C@@H]2C(C)C)cc1. The van der Waals surface area contributed by atoms with Crippen LogP contribution in [0, 0.1) is 12.8 Å². The van der Waals surface area contributed by atoms with Crippen LogP contribution >= 0.6 is 0 Å². The molecule has 1 N–H and O–H groups in total. The van der Waals surface area contributed by atoms with Gasteiger partial charge in [0.25, 0.3) is 0 Å². The van der Waals surface area contributed by atoms with E-state index in [1.807, 2.05) is 32.9 Å². The molecule has 1 aliphatic heterocycles. The first-order valence-corrected chi connectivity index (χ1v) is 19.1. The summed E-state index contributed by atoms with van der Waals surface area (Å²) < 4.78 is 29.4. The molecule has 1 aromatic rings. The molecule has 1 heterocycles. The van der Waals surface area contributed by atoms with Crippen molar-refractivity contribution in [1.82, 2.24) is 4.31 Å². The Bertz CT molecular complexity index is 779. The fraction of sp³-hybridized carbons (Fsp3) is 0.714. The molecule has 4 atom stereocenters. The molecule has 0 unspecified atom stereocenters. The van der Waals surface area contributed by atoms with Crippen LogP contribution in [0.2, 0.25) is 50.9 Å². The Morgan fingerprint density at radius 1 is 1.04 bits per heavy atom. The zero-order chi connectivity index (χ0) is 21.7. The Morgan fingerprint density at radius 2 is 1.54 bits per heavy atom. The summed E-state index contributed by atoms with van der Waals surface area (Å²) in [6.07, 6.45) is -0.603. The van der Waals surface area contributed by atoms with Crippen molar-refractivity contribution >= 4 is 26.2 Å². The lowest BCUT2D eigenvalue weighted by atomic mass is 10.00. The molecule has 7 heteroatoms. The second kappa shape index (κ2) is 7.98. The highest BCUT2D eigenvalue weighted by Crippen LogP contribution is 2.48. The van der Waals surface area contributed by atoms with Crippen molar-refractivity contribution in [1.29, 1.82) is 0 Å². The van der Waals surface area contributed by atoms with E-state index in [9.17, 15) is 13.5 Å². The third-order valence-electron chi connectivity index (χ3n) is 5.85. The second-order valence-electron chi connectivity index (χ2n) is 11.1.